The molecule has 0 atom stereocenters. The summed E-state index contributed by atoms with van der Waals surface area (Å²) >= 11 is 3.39. The Hall–Kier alpha value is -1.87. The zero-order valence-electron chi connectivity index (χ0n) is 9.07. The fourth-order valence-electron chi connectivity index (χ4n) is 1.31. The highest BCUT2D eigenvalue weighted by Crippen LogP contribution is 2.23. The van der Waals surface area contributed by atoms with Gasteiger partial charge in [0.1, 0.15) is 0 Å². The van der Waals surface area contributed by atoms with Gasteiger partial charge in [0, 0.05) is 17.1 Å². The van der Waals surface area contributed by atoms with Gasteiger partial charge in [-0.1, -0.05) is 0 Å². The van der Waals surface area contributed by atoms with E-state index in [4.69, 9.17) is 9.68 Å². The number of hydrogen-bond donors (Lipinski definition) is 1. The molecular weight excluding hydrogens is 284 g/mol. The third-order valence-corrected chi connectivity index (χ3v) is 2.75. The Labute approximate surface area is 107 Å². The van der Waals surface area contributed by atoms with Crippen molar-refractivity contribution in [3.8, 4) is 6.07 Å². The van der Waals surface area contributed by atoms with Gasteiger partial charge in [-0.05, 0) is 34.1 Å². The average molecular weight is 293 g/mol. The van der Waals surface area contributed by atoms with Crippen LogP contribution in [0.5, 0.6) is 0 Å². The van der Waals surface area contributed by atoms with Gasteiger partial charge in [0.05, 0.1) is 18.2 Å². The van der Waals surface area contributed by atoms with Gasteiger partial charge in [-0.15, -0.1) is 10.2 Å². The van der Waals surface area contributed by atoms with Crippen LogP contribution >= 0.6 is 15.9 Å². The summed E-state index contributed by atoms with van der Waals surface area (Å²) in [5.41, 5.74) is 1.48. The number of hydrogen-bond acceptors (Lipinski definition) is 5. The molecule has 0 saturated carbocycles. The highest BCUT2D eigenvalue weighted by molar-refractivity contribution is 9.10. The predicted octanol–water partition coefficient (Wildman–Crippen LogP) is 2.62. The second-order valence-electron chi connectivity index (χ2n) is 3.37. The van der Waals surface area contributed by atoms with Crippen LogP contribution in [0.1, 0.15) is 17.3 Å². The van der Waals surface area contributed by atoms with Crippen molar-refractivity contribution in [3.05, 3.63) is 40.0 Å². The second-order valence-corrected chi connectivity index (χ2v) is 4.23. The molecule has 0 spiro atoms. The molecule has 0 fully saturated rings. The molecule has 2 rings (SSSR count). The predicted molar refractivity (Wildman–Crippen MR) is 65.2 cm³/mol. The number of nitrogens with zero attached hydrogens (tertiary/aromatic N) is 3. The summed E-state index contributed by atoms with van der Waals surface area (Å²) < 4.78 is 6.06. The number of nitrogens with one attached hydrogen (secondary N) is 1. The highest BCUT2D eigenvalue weighted by atomic mass is 79.9. The van der Waals surface area contributed by atoms with Crippen molar-refractivity contribution in [1.82, 2.24) is 10.2 Å². The van der Waals surface area contributed by atoms with Crippen LogP contribution in [-0.2, 0) is 6.54 Å². The minimum absolute atomic E-state index is 0.450. The third kappa shape index (κ3) is 2.82. The average Bonchev–Trinajstić information content (AvgIpc) is 2.73. The summed E-state index contributed by atoms with van der Waals surface area (Å²) in [6.07, 6.45) is 0. The summed E-state index contributed by atoms with van der Waals surface area (Å²) in [7, 11) is 0. The van der Waals surface area contributed by atoms with E-state index in [1.165, 1.54) is 0 Å². The second kappa shape index (κ2) is 4.97. The van der Waals surface area contributed by atoms with E-state index in [0.717, 1.165) is 10.2 Å². The van der Waals surface area contributed by atoms with Crippen molar-refractivity contribution in [2.24, 2.45) is 0 Å². The van der Waals surface area contributed by atoms with E-state index in [-0.39, 0.29) is 0 Å². The normalized spacial score (nSPS) is 9.94. The lowest BCUT2D eigenvalue weighted by Gasteiger charge is -2.06. The maximum Gasteiger partial charge on any atom is 0.235 e. The van der Waals surface area contributed by atoms with Gasteiger partial charge in [-0.25, -0.2) is 0 Å². The van der Waals surface area contributed by atoms with Crippen molar-refractivity contribution in [3.63, 3.8) is 0 Å². The van der Waals surface area contributed by atoms with Crippen LogP contribution in [0.3, 0.4) is 0 Å². The van der Waals surface area contributed by atoms with Gasteiger partial charge in [-0.3, -0.25) is 0 Å². The number of nitriles is 1. The molecular formula is C11H9BrN4O. The number of rotatable bonds is 3. The number of aryl methyl sites for hydroxylation is 1. The Morgan fingerprint density at radius 2 is 2.29 bits per heavy atom. The van der Waals surface area contributed by atoms with Gasteiger partial charge < -0.3 is 9.73 Å². The van der Waals surface area contributed by atoms with Crippen molar-refractivity contribution in [1.29, 1.82) is 5.26 Å². The summed E-state index contributed by atoms with van der Waals surface area (Å²) in [6, 6.07) is 7.39. The van der Waals surface area contributed by atoms with E-state index >= 15 is 0 Å². The highest BCUT2D eigenvalue weighted by Gasteiger charge is 2.04. The van der Waals surface area contributed by atoms with E-state index in [2.05, 4.69) is 37.5 Å². The summed E-state index contributed by atoms with van der Waals surface area (Å²) in [4.78, 5) is 0. The first-order chi connectivity index (χ1) is 8.19. The first-order valence-corrected chi connectivity index (χ1v) is 5.71. The van der Waals surface area contributed by atoms with E-state index in [1.807, 2.05) is 6.07 Å². The number of anilines is 1. The van der Waals surface area contributed by atoms with Crippen molar-refractivity contribution >= 4 is 21.6 Å². The molecule has 5 nitrogen and oxygen atoms in total. The molecule has 1 heterocycles. The molecule has 1 aromatic heterocycles. The Bertz CT molecular complexity index is 573. The number of halogens is 1. The Morgan fingerprint density at radius 1 is 1.47 bits per heavy atom. The molecule has 0 aliphatic rings. The maximum absolute atomic E-state index is 8.74. The topological polar surface area (TPSA) is 74.7 Å². The lowest BCUT2D eigenvalue weighted by Crippen LogP contribution is -2.00. The molecule has 0 unspecified atom stereocenters. The van der Waals surface area contributed by atoms with Crippen molar-refractivity contribution < 1.29 is 4.42 Å². The summed E-state index contributed by atoms with van der Waals surface area (Å²) in [5, 5.41) is 19.5. The molecule has 0 amide bonds. The van der Waals surface area contributed by atoms with E-state index in [0.29, 0.717) is 23.9 Å². The quantitative estimate of drug-likeness (QED) is 0.941. The first-order valence-electron chi connectivity index (χ1n) is 4.91. The molecule has 0 aliphatic carbocycles. The minimum Gasteiger partial charge on any atom is -0.424 e. The van der Waals surface area contributed by atoms with Crippen LogP contribution in [0.15, 0.2) is 27.1 Å². The van der Waals surface area contributed by atoms with Crippen molar-refractivity contribution in [2.45, 2.75) is 13.5 Å². The van der Waals surface area contributed by atoms with E-state index in [9.17, 15) is 0 Å². The smallest absolute Gasteiger partial charge is 0.235 e. The van der Waals surface area contributed by atoms with Crippen LogP contribution in [0.2, 0.25) is 0 Å². The Kier molecular flexibility index (Phi) is 3.40. The van der Waals surface area contributed by atoms with Crippen LogP contribution in [0.4, 0.5) is 5.69 Å². The number of benzene rings is 1. The fraction of sp³-hybridized carbons (Fsp3) is 0.182. The third-order valence-electron chi connectivity index (χ3n) is 2.10. The Morgan fingerprint density at radius 3 is 2.88 bits per heavy atom. The summed E-state index contributed by atoms with van der Waals surface area (Å²) in [5.74, 6) is 1.07. The van der Waals surface area contributed by atoms with Crippen LogP contribution in [0.25, 0.3) is 0 Å². The fourth-order valence-corrected chi connectivity index (χ4v) is 1.83. The molecule has 86 valence electrons. The van der Waals surface area contributed by atoms with Gasteiger partial charge >= 0.3 is 0 Å². The minimum atomic E-state index is 0.450. The van der Waals surface area contributed by atoms with Crippen LogP contribution < -0.4 is 5.32 Å². The molecule has 2 aromatic rings. The Balaban J connectivity index is 2.07. The molecule has 1 aromatic carbocycles. The molecule has 0 bridgehead atoms. The zero-order chi connectivity index (χ0) is 12.3. The lowest BCUT2D eigenvalue weighted by atomic mass is 10.2. The largest absolute Gasteiger partial charge is 0.424 e. The maximum atomic E-state index is 8.74. The molecule has 17 heavy (non-hydrogen) atoms. The molecule has 0 saturated heterocycles. The standard InChI is InChI=1S/C11H9BrN4O/c1-7-15-16-11(17-7)6-14-10-3-2-8(5-13)4-9(10)12/h2-4,14H,6H2,1H3. The monoisotopic (exact) mass is 292 g/mol. The molecule has 6 heteroatoms. The molecule has 0 aliphatic heterocycles. The first kappa shape index (κ1) is 11.6. The van der Waals surface area contributed by atoms with Crippen LogP contribution in [0, 0.1) is 18.3 Å². The number of aromatic nitrogens is 2. The lowest BCUT2D eigenvalue weighted by molar-refractivity contribution is 0.475. The zero-order valence-corrected chi connectivity index (χ0v) is 10.7. The van der Waals surface area contributed by atoms with Gasteiger partial charge in [-0.2, -0.15) is 5.26 Å². The molecule has 0 radical (unpaired) electrons. The van der Waals surface area contributed by atoms with E-state index < -0.39 is 0 Å². The van der Waals surface area contributed by atoms with Gasteiger partial charge in [0.15, 0.2) is 0 Å². The van der Waals surface area contributed by atoms with Gasteiger partial charge in [0.2, 0.25) is 11.8 Å². The van der Waals surface area contributed by atoms with E-state index in [1.54, 1.807) is 19.1 Å². The van der Waals surface area contributed by atoms with Crippen LogP contribution in [-0.4, -0.2) is 10.2 Å². The SMILES string of the molecule is Cc1nnc(CNc2ccc(C#N)cc2Br)o1. The summed E-state index contributed by atoms with van der Waals surface area (Å²) in [6.45, 7) is 2.19. The molecule has 1 N–H and O–H groups in total. The van der Waals surface area contributed by atoms with Gasteiger partial charge in [0.25, 0.3) is 0 Å². The van der Waals surface area contributed by atoms with Crippen molar-refractivity contribution in [2.75, 3.05) is 5.32 Å².